The van der Waals surface area contributed by atoms with Crippen molar-refractivity contribution in [2.24, 2.45) is 0 Å². The van der Waals surface area contributed by atoms with Gasteiger partial charge in [0.25, 0.3) is 5.91 Å². The number of H-pyrrole nitrogens is 1. The lowest BCUT2D eigenvalue weighted by Gasteiger charge is -2.03. The van der Waals surface area contributed by atoms with Crippen molar-refractivity contribution in [3.63, 3.8) is 0 Å². The molecule has 0 atom stereocenters. The van der Waals surface area contributed by atoms with Crippen molar-refractivity contribution in [1.29, 1.82) is 0 Å². The fraction of sp³-hybridized carbons (Fsp3) is 0.133. The molecule has 0 radical (unpaired) electrons. The van der Waals surface area contributed by atoms with Gasteiger partial charge in [0.2, 0.25) is 0 Å². The Balaban J connectivity index is 1.71. The van der Waals surface area contributed by atoms with E-state index in [9.17, 15) is 14.9 Å². The normalized spacial score (nSPS) is 10.6. The molecule has 10 heteroatoms. The standard InChI is InChI=1S/C15H13BrN6O3/c1-9-3-2-4-10(5-9)7-21-8-11(6-17-21)18-15(23)13-12(16)14(20-19-13)22(24)25/h2-6,8H,7H2,1H3,(H,18,23)(H,19,20). The largest absolute Gasteiger partial charge is 0.358 e. The fourth-order valence-electron chi connectivity index (χ4n) is 2.29. The lowest BCUT2D eigenvalue weighted by Crippen LogP contribution is -2.12. The zero-order valence-corrected chi connectivity index (χ0v) is 14.6. The average Bonchev–Trinajstić information content (AvgIpc) is 3.14. The number of anilines is 1. The van der Waals surface area contributed by atoms with Gasteiger partial charge in [-0.2, -0.15) is 5.10 Å². The number of hydrogen-bond acceptors (Lipinski definition) is 5. The summed E-state index contributed by atoms with van der Waals surface area (Å²) in [6.07, 6.45) is 3.18. The minimum Gasteiger partial charge on any atom is -0.358 e. The van der Waals surface area contributed by atoms with Crippen molar-refractivity contribution < 1.29 is 9.72 Å². The van der Waals surface area contributed by atoms with E-state index in [0.717, 1.165) is 11.1 Å². The van der Waals surface area contributed by atoms with Gasteiger partial charge in [0.05, 0.1) is 18.4 Å². The molecule has 2 N–H and O–H groups in total. The minimum absolute atomic E-state index is 0.00199. The molecular weight excluding hydrogens is 392 g/mol. The van der Waals surface area contributed by atoms with Crippen LogP contribution < -0.4 is 5.32 Å². The Labute approximate surface area is 150 Å². The number of aromatic amines is 1. The fourth-order valence-corrected chi connectivity index (χ4v) is 2.80. The summed E-state index contributed by atoms with van der Waals surface area (Å²) in [5.41, 5.74) is 2.61. The van der Waals surface area contributed by atoms with Crippen LogP contribution in [0.25, 0.3) is 0 Å². The van der Waals surface area contributed by atoms with E-state index in [2.05, 4.69) is 42.6 Å². The molecule has 0 bridgehead atoms. The van der Waals surface area contributed by atoms with Gasteiger partial charge in [0.15, 0.2) is 5.69 Å². The van der Waals surface area contributed by atoms with Crippen LogP contribution in [0, 0.1) is 17.0 Å². The summed E-state index contributed by atoms with van der Waals surface area (Å²) < 4.78 is 1.69. The van der Waals surface area contributed by atoms with Crippen LogP contribution in [-0.2, 0) is 6.54 Å². The van der Waals surface area contributed by atoms with E-state index in [0.29, 0.717) is 12.2 Å². The van der Waals surface area contributed by atoms with E-state index >= 15 is 0 Å². The highest BCUT2D eigenvalue weighted by Gasteiger charge is 2.24. The van der Waals surface area contributed by atoms with Gasteiger partial charge in [0.1, 0.15) is 4.47 Å². The van der Waals surface area contributed by atoms with E-state index in [1.165, 1.54) is 6.20 Å². The van der Waals surface area contributed by atoms with E-state index in [-0.39, 0.29) is 16.0 Å². The summed E-state index contributed by atoms with van der Waals surface area (Å²) in [7, 11) is 0. The molecule has 9 nitrogen and oxygen atoms in total. The topological polar surface area (TPSA) is 119 Å². The summed E-state index contributed by atoms with van der Waals surface area (Å²) >= 11 is 3.00. The van der Waals surface area contributed by atoms with Gasteiger partial charge in [-0.15, -0.1) is 5.10 Å². The molecule has 128 valence electrons. The number of nitrogens with one attached hydrogen (secondary N) is 2. The molecule has 2 aromatic heterocycles. The highest BCUT2D eigenvalue weighted by Crippen LogP contribution is 2.26. The summed E-state index contributed by atoms with van der Waals surface area (Å²) in [6, 6.07) is 8.03. The second-order valence-corrected chi connectivity index (χ2v) is 6.15. The molecule has 0 spiro atoms. The first-order valence-corrected chi connectivity index (χ1v) is 8.01. The molecule has 25 heavy (non-hydrogen) atoms. The number of nitrogens with zero attached hydrogens (tertiary/aromatic N) is 4. The Kier molecular flexibility index (Phi) is 4.61. The highest BCUT2D eigenvalue weighted by atomic mass is 79.9. The van der Waals surface area contributed by atoms with Gasteiger partial charge in [-0.3, -0.25) is 9.48 Å². The van der Waals surface area contributed by atoms with Crippen LogP contribution in [0.2, 0.25) is 0 Å². The minimum atomic E-state index is -0.659. The van der Waals surface area contributed by atoms with Gasteiger partial charge >= 0.3 is 5.82 Å². The second kappa shape index (κ2) is 6.85. The Morgan fingerprint density at radius 1 is 1.48 bits per heavy atom. The number of nitro groups is 1. The van der Waals surface area contributed by atoms with Crippen LogP contribution in [0.5, 0.6) is 0 Å². The van der Waals surface area contributed by atoms with Gasteiger partial charge in [-0.25, -0.2) is 0 Å². The van der Waals surface area contributed by atoms with Crippen LogP contribution in [-0.4, -0.2) is 30.8 Å². The first-order valence-electron chi connectivity index (χ1n) is 7.21. The van der Waals surface area contributed by atoms with Gasteiger partial charge in [0, 0.05) is 6.20 Å². The molecule has 3 rings (SSSR count). The van der Waals surface area contributed by atoms with Crippen LogP contribution in [0.15, 0.2) is 41.1 Å². The number of carbonyl (C=O) groups is 1. The number of aromatic nitrogens is 4. The van der Waals surface area contributed by atoms with Crippen molar-refractivity contribution in [2.75, 3.05) is 5.32 Å². The molecule has 0 saturated heterocycles. The van der Waals surface area contributed by atoms with Crippen molar-refractivity contribution in [2.45, 2.75) is 13.5 Å². The summed E-state index contributed by atoms with van der Waals surface area (Å²) in [4.78, 5) is 22.3. The molecule has 0 unspecified atom stereocenters. The van der Waals surface area contributed by atoms with Crippen molar-refractivity contribution >= 4 is 33.3 Å². The van der Waals surface area contributed by atoms with E-state index < -0.39 is 10.8 Å². The van der Waals surface area contributed by atoms with Crippen molar-refractivity contribution in [1.82, 2.24) is 20.0 Å². The molecule has 0 aliphatic rings. The van der Waals surface area contributed by atoms with Crippen LogP contribution in [0.3, 0.4) is 0 Å². The highest BCUT2D eigenvalue weighted by molar-refractivity contribution is 9.10. The molecule has 0 aliphatic heterocycles. The molecule has 1 aromatic carbocycles. The predicted molar refractivity (Wildman–Crippen MR) is 93.4 cm³/mol. The number of hydrogen-bond donors (Lipinski definition) is 2. The molecule has 0 aliphatic carbocycles. The second-order valence-electron chi connectivity index (χ2n) is 5.36. The van der Waals surface area contributed by atoms with Crippen LogP contribution in [0.4, 0.5) is 11.5 Å². The van der Waals surface area contributed by atoms with Crippen molar-refractivity contribution in [3.8, 4) is 0 Å². The lowest BCUT2D eigenvalue weighted by molar-refractivity contribution is -0.390. The predicted octanol–water partition coefficient (Wildman–Crippen LogP) is 2.89. The molecular formula is C15H13BrN6O3. The third-order valence-electron chi connectivity index (χ3n) is 3.41. The van der Waals surface area contributed by atoms with Gasteiger partial charge in [-0.05, 0) is 33.3 Å². The number of aryl methyl sites for hydroxylation is 1. The molecule has 0 fully saturated rings. The van der Waals surface area contributed by atoms with E-state index in [1.807, 2.05) is 25.1 Å². The number of amides is 1. The maximum absolute atomic E-state index is 12.2. The maximum Gasteiger partial charge on any atom is 0.357 e. The molecule has 1 amide bonds. The van der Waals surface area contributed by atoms with E-state index in [4.69, 9.17) is 0 Å². The quantitative estimate of drug-likeness (QED) is 0.500. The number of halogens is 1. The van der Waals surface area contributed by atoms with Gasteiger partial charge < -0.3 is 15.4 Å². The van der Waals surface area contributed by atoms with Crippen LogP contribution >= 0.6 is 15.9 Å². The number of benzene rings is 1. The Bertz CT molecular complexity index is 948. The molecule has 0 saturated carbocycles. The first kappa shape index (κ1) is 16.8. The summed E-state index contributed by atoms with van der Waals surface area (Å²) in [5, 5.41) is 23.5. The smallest absolute Gasteiger partial charge is 0.357 e. The summed E-state index contributed by atoms with van der Waals surface area (Å²) in [5.74, 6) is -0.952. The number of rotatable bonds is 5. The molecule has 3 aromatic rings. The summed E-state index contributed by atoms with van der Waals surface area (Å²) in [6.45, 7) is 2.58. The Morgan fingerprint density at radius 3 is 2.96 bits per heavy atom. The number of carbonyl (C=O) groups excluding carboxylic acids is 1. The zero-order valence-electron chi connectivity index (χ0n) is 13.1. The average molecular weight is 405 g/mol. The third kappa shape index (κ3) is 3.74. The van der Waals surface area contributed by atoms with Crippen LogP contribution in [0.1, 0.15) is 21.6 Å². The first-order chi connectivity index (χ1) is 11.9. The third-order valence-corrected chi connectivity index (χ3v) is 4.16. The lowest BCUT2D eigenvalue weighted by atomic mass is 10.1. The zero-order chi connectivity index (χ0) is 18.0. The Morgan fingerprint density at radius 2 is 2.28 bits per heavy atom. The Hall–Kier alpha value is -3.01. The maximum atomic E-state index is 12.2. The monoisotopic (exact) mass is 404 g/mol. The van der Waals surface area contributed by atoms with Crippen molar-refractivity contribution in [3.05, 3.63) is 68.1 Å². The van der Waals surface area contributed by atoms with Gasteiger partial charge in [-0.1, -0.05) is 34.9 Å². The van der Waals surface area contributed by atoms with E-state index in [1.54, 1.807) is 10.9 Å². The molecule has 2 heterocycles. The SMILES string of the molecule is Cc1cccc(Cn2cc(NC(=O)c3n[nH]c([N+](=O)[O-])c3Br)cn2)c1.